The Morgan fingerprint density at radius 2 is 1.12 bits per heavy atom. The lowest BCUT2D eigenvalue weighted by Crippen LogP contribution is -1.91. The van der Waals surface area contributed by atoms with Crippen LogP contribution in [-0.2, 0) is 27.3 Å². The van der Waals surface area contributed by atoms with Gasteiger partial charge in [-0.25, -0.2) is 0 Å². The van der Waals surface area contributed by atoms with Gasteiger partial charge in [-0.15, -0.1) is 10.9 Å². The average molecular weight is 455 g/mol. The Balaban J connectivity index is 0. The first-order valence-electron chi connectivity index (χ1n) is 9.58. The molecule has 0 radical (unpaired) electrons. The summed E-state index contributed by atoms with van der Waals surface area (Å²) in [7, 11) is 0.403. The molecule has 0 saturated carbocycles. The minimum absolute atomic E-state index is 0.371. The second-order valence-electron chi connectivity index (χ2n) is 6.26. The van der Waals surface area contributed by atoms with Crippen molar-refractivity contribution in [2.45, 2.75) is 90.9 Å². The highest BCUT2D eigenvalue weighted by Gasteiger charge is 2.05. The highest BCUT2D eigenvalue weighted by molar-refractivity contribution is 8.16. The summed E-state index contributed by atoms with van der Waals surface area (Å²) in [6.07, 6.45) is 14.0. The number of unbranched alkanes of at least 4 members (excludes halogenated alkanes) is 10. The molecule has 0 spiro atoms. The number of hydrogen-bond acceptors (Lipinski definition) is 2. The van der Waals surface area contributed by atoms with E-state index >= 15 is 0 Å². The Morgan fingerprint density at radius 3 is 1.54 bits per heavy atom. The van der Waals surface area contributed by atoms with Gasteiger partial charge in [-0.3, -0.25) is 0 Å². The van der Waals surface area contributed by atoms with Crippen molar-refractivity contribution in [2.24, 2.45) is 0 Å². The largest absolute Gasteiger partial charge is 0.329 e. The molecule has 0 amide bonds. The van der Waals surface area contributed by atoms with E-state index in [1.807, 2.05) is 0 Å². The molecule has 0 heterocycles. The first-order valence-corrected chi connectivity index (χ1v) is 15.6. The fourth-order valence-corrected chi connectivity index (χ4v) is 4.62. The standard InChI is InChI=1S/C8H21O3PS.C8H19O3PS/c1-2-3-4-5-6-7-8-13-12(9,10)11;1-2-3-4-5-6-7-8-11-12(9,10)13/h9-11,13H,2-8H2,1H3;2-8H2,1H3,(H2,9,10,13). The summed E-state index contributed by atoms with van der Waals surface area (Å²) in [5, 5.41) is 0. The molecule has 0 aliphatic rings. The minimum atomic E-state index is -3.50. The third-order valence-electron chi connectivity index (χ3n) is 3.56. The number of rotatable bonds is 15. The third-order valence-corrected chi connectivity index (χ3v) is 7.03. The van der Waals surface area contributed by atoms with Crippen LogP contribution in [0.5, 0.6) is 0 Å². The van der Waals surface area contributed by atoms with E-state index in [9.17, 15) is 0 Å². The first-order chi connectivity index (χ1) is 12.1. The highest BCUT2D eigenvalue weighted by atomic mass is 32.5. The maximum Gasteiger partial charge on any atom is 0.321 e. The highest BCUT2D eigenvalue weighted by Crippen LogP contribution is 2.36. The van der Waals surface area contributed by atoms with Crippen molar-refractivity contribution in [3.63, 3.8) is 0 Å². The summed E-state index contributed by atoms with van der Waals surface area (Å²) in [4.78, 5) is 43.4. The Labute approximate surface area is 168 Å². The van der Waals surface area contributed by atoms with Crippen LogP contribution in [0.1, 0.15) is 90.9 Å². The summed E-state index contributed by atoms with van der Waals surface area (Å²) in [6.45, 7) is -2.17. The van der Waals surface area contributed by atoms with Gasteiger partial charge in [0, 0.05) is 0 Å². The van der Waals surface area contributed by atoms with Crippen LogP contribution >= 0.6 is 13.4 Å². The topological polar surface area (TPSA) is 110 Å². The zero-order valence-corrected chi connectivity index (χ0v) is 19.8. The molecule has 10 heteroatoms. The van der Waals surface area contributed by atoms with Crippen LogP contribution in [0.4, 0.5) is 0 Å². The van der Waals surface area contributed by atoms with E-state index in [0.29, 0.717) is 23.3 Å². The van der Waals surface area contributed by atoms with Crippen LogP contribution in [0.15, 0.2) is 0 Å². The zero-order valence-electron chi connectivity index (χ0n) is 16.3. The van der Waals surface area contributed by atoms with Crippen LogP contribution < -0.4 is 0 Å². The average Bonchev–Trinajstić information content (AvgIpc) is 2.52. The Morgan fingerprint density at radius 1 is 0.692 bits per heavy atom. The predicted octanol–water partition coefficient (Wildman–Crippen LogP) is 4.39. The van der Waals surface area contributed by atoms with Crippen LogP contribution in [0, 0.1) is 0 Å². The molecule has 0 rings (SSSR count). The molecule has 0 aromatic carbocycles. The maximum atomic E-state index is 8.72. The van der Waals surface area contributed by atoms with E-state index < -0.39 is 13.4 Å². The van der Waals surface area contributed by atoms with Crippen molar-refractivity contribution in [1.29, 1.82) is 0 Å². The summed E-state index contributed by atoms with van der Waals surface area (Å²) < 4.78 is 4.67. The van der Waals surface area contributed by atoms with Gasteiger partial charge in [-0.2, -0.15) is 0 Å². The molecule has 0 aromatic heterocycles. The van der Waals surface area contributed by atoms with E-state index in [4.69, 9.17) is 24.5 Å². The molecule has 0 bridgehead atoms. The van der Waals surface area contributed by atoms with Crippen molar-refractivity contribution < 1.29 is 29.0 Å². The Kier molecular flexibility index (Phi) is 22.0. The second-order valence-corrected chi connectivity index (χ2v) is 13.2. The lowest BCUT2D eigenvalue weighted by atomic mass is 10.1. The SMILES string of the molecule is CCCCCCCCOP(O)(O)=S.CCCCCCCC[SH]=P(O)(O)O. The van der Waals surface area contributed by atoms with Crippen LogP contribution in [0.25, 0.3) is 0 Å². The van der Waals surface area contributed by atoms with E-state index in [2.05, 4.69) is 30.2 Å². The lowest BCUT2D eigenvalue weighted by Gasteiger charge is -2.07. The van der Waals surface area contributed by atoms with E-state index in [1.165, 1.54) is 51.4 Å². The third kappa shape index (κ3) is 32.8. The molecular weight excluding hydrogens is 414 g/mol. The molecule has 0 fully saturated rings. The van der Waals surface area contributed by atoms with Gasteiger partial charge in [0.25, 0.3) is 6.72 Å². The molecule has 6 nitrogen and oxygen atoms in total. The molecule has 0 saturated heterocycles. The summed E-state index contributed by atoms with van der Waals surface area (Å²) in [5.41, 5.74) is 0. The zero-order chi connectivity index (χ0) is 20.3. The smallest absolute Gasteiger partial charge is 0.321 e. The van der Waals surface area contributed by atoms with Gasteiger partial charge in [-0.1, -0.05) is 78.1 Å². The number of hydrogen-bond donors (Lipinski definition) is 6. The predicted molar refractivity (Wildman–Crippen MR) is 119 cm³/mol. The van der Waals surface area contributed by atoms with Gasteiger partial charge in [0.05, 0.1) is 6.61 Å². The first kappa shape index (κ1) is 29.4. The lowest BCUT2D eigenvalue weighted by molar-refractivity contribution is 0.245. The normalized spacial score (nSPS) is 12.0. The van der Waals surface area contributed by atoms with Crippen LogP contribution in [0.3, 0.4) is 0 Å². The van der Waals surface area contributed by atoms with Crippen molar-refractivity contribution >= 4 is 36.2 Å². The maximum absolute atomic E-state index is 8.72. The van der Waals surface area contributed by atoms with Crippen molar-refractivity contribution in [1.82, 2.24) is 0 Å². The molecular formula is C16H40O6P2S2. The van der Waals surface area contributed by atoms with E-state index in [1.54, 1.807) is 0 Å². The van der Waals surface area contributed by atoms with E-state index in [-0.39, 0.29) is 0 Å². The van der Waals surface area contributed by atoms with Gasteiger partial charge in [0.15, 0.2) is 0 Å². The summed E-state index contributed by atoms with van der Waals surface area (Å²) >= 11 is 4.30. The van der Waals surface area contributed by atoms with Gasteiger partial charge in [-0.05, 0) is 30.4 Å². The van der Waals surface area contributed by atoms with Gasteiger partial charge in [0.1, 0.15) is 0 Å². The molecule has 0 aliphatic heterocycles. The Hall–Kier alpha value is 1.19. The molecule has 162 valence electrons. The van der Waals surface area contributed by atoms with E-state index in [0.717, 1.165) is 25.7 Å². The molecule has 5 N–H and O–H groups in total. The molecule has 26 heavy (non-hydrogen) atoms. The summed E-state index contributed by atoms with van der Waals surface area (Å²) in [5.74, 6) is 0.698. The van der Waals surface area contributed by atoms with Gasteiger partial charge in [0.2, 0.25) is 0 Å². The van der Waals surface area contributed by atoms with Crippen LogP contribution in [-0.4, -0.2) is 36.8 Å². The molecule has 0 atom stereocenters. The van der Waals surface area contributed by atoms with Crippen LogP contribution in [0.2, 0.25) is 0 Å². The van der Waals surface area contributed by atoms with Gasteiger partial charge >= 0.3 is 6.72 Å². The quantitative estimate of drug-likeness (QED) is 0.124. The van der Waals surface area contributed by atoms with Crippen molar-refractivity contribution in [3.8, 4) is 0 Å². The monoisotopic (exact) mass is 454 g/mol. The molecule has 0 aliphatic carbocycles. The Bertz CT molecular complexity index is 390. The fraction of sp³-hybridized carbons (Fsp3) is 1.00. The van der Waals surface area contributed by atoms with Crippen molar-refractivity contribution in [2.75, 3.05) is 12.4 Å². The second kappa shape index (κ2) is 19.5. The minimum Gasteiger partial charge on any atom is -0.329 e. The summed E-state index contributed by atoms with van der Waals surface area (Å²) in [6, 6.07) is 0. The van der Waals surface area contributed by atoms with Gasteiger partial charge < -0.3 is 29.0 Å². The number of thiol groups is 1. The molecule has 0 aromatic rings. The molecule has 0 unspecified atom stereocenters. The van der Waals surface area contributed by atoms with Crippen molar-refractivity contribution in [3.05, 3.63) is 0 Å². The fourth-order valence-electron chi connectivity index (χ4n) is 2.16.